The Balaban J connectivity index is 2.10. The van der Waals surface area contributed by atoms with Crippen LogP contribution in [0.2, 0.25) is 0 Å². The Morgan fingerprint density at radius 1 is 1.23 bits per heavy atom. The predicted molar refractivity (Wildman–Crippen MR) is 87.5 cm³/mol. The minimum atomic E-state index is -0.446. The van der Waals surface area contributed by atoms with Crippen LogP contribution in [0, 0.1) is 0 Å². The molecule has 0 amide bonds. The molecule has 0 saturated heterocycles. The smallest absolute Gasteiger partial charge is 0.313 e. The van der Waals surface area contributed by atoms with Crippen LogP contribution in [-0.4, -0.2) is 25.4 Å². The molecule has 0 spiro atoms. The Hall–Kier alpha value is -2.28. The summed E-state index contributed by atoms with van der Waals surface area (Å²) in [6.07, 6.45) is 2.70. The molecule has 0 bridgehead atoms. The fourth-order valence-electron chi connectivity index (χ4n) is 2.46. The second-order valence-corrected chi connectivity index (χ2v) is 5.75. The monoisotopic (exact) mass is 316 g/mol. The van der Waals surface area contributed by atoms with Crippen LogP contribution in [0.4, 0.5) is 0 Å². The zero-order chi connectivity index (χ0) is 15.7. The zero-order valence-corrected chi connectivity index (χ0v) is 13.2. The van der Waals surface area contributed by atoms with Crippen LogP contribution >= 0.6 is 11.8 Å². The van der Waals surface area contributed by atoms with E-state index in [0.717, 1.165) is 11.6 Å². The van der Waals surface area contributed by atoms with Crippen LogP contribution in [0.5, 0.6) is 0 Å². The van der Waals surface area contributed by atoms with Crippen molar-refractivity contribution in [3.8, 4) is 0 Å². The van der Waals surface area contributed by atoms with E-state index in [-0.39, 0.29) is 5.56 Å². The van der Waals surface area contributed by atoms with E-state index in [1.807, 2.05) is 29.0 Å². The summed E-state index contributed by atoms with van der Waals surface area (Å²) in [5.41, 5.74) is 1.23. The molecule has 0 aliphatic rings. The average molecular weight is 316 g/mol. The molecule has 7 heteroatoms. The number of hydrogen-bond donors (Lipinski definition) is 1. The number of fused-ring (bicyclic) bond motifs is 1. The quantitative estimate of drug-likeness (QED) is 0.738. The third kappa shape index (κ3) is 2.48. The lowest BCUT2D eigenvalue weighted by Gasteiger charge is -2.07. The van der Waals surface area contributed by atoms with Gasteiger partial charge in [0.05, 0.1) is 0 Å². The van der Waals surface area contributed by atoms with Gasteiger partial charge in [0.2, 0.25) is 0 Å². The van der Waals surface area contributed by atoms with E-state index in [2.05, 4.69) is 22.1 Å². The molecule has 0 saturated carbocycles. The highest BCUT2D eigenvalue weighted by molar-refractivity contribution is 7.98. The number of aryl methyl sites for hydroxylation is 3. The minimum Gasteiger partial charge on any atom is -0.313 e. The number of rotatable bonds is 4. The van der Waals surface area contributed by atoms with Crippen molar-refractivity contribution < 1.29 is 0 Å². The Bertz CT molecular complexity index is 924. The van der Waals surface area contributed by atoms with E-state index in [9.17, 15) is 9.59 Å². The molecule has 3 aromatic rings. The maximum Gasteiger partial charge on any atom is 0.329 e. The fourth-order valence-corrected chi connectivity index (χ4v) is 3.04. The Labute approximate surface area is 130 Å². The van der Waals surface area contributed by atoms with Crippen LogP contribution in [0.25, 0.3) is 11.2 Å². The lowest BCUT2D eigenvalue weighted by Crippen LogP contribution is -2.29. The van der Waals surface area contributed by atoms with Gasteiger partial charge in [-0.1, -0.05) is 42.1 Å². The summed E-state index contributed by atoms with van der Waals surface area (Å²) >= 11 is 1.46. The maximum absolute atomic E-state index is 12.2. The number of aromatic amines is 1. The highest BCUT2D eigenvalue weighted by Crippen LogP contribution is 2.19. The van der Waals surface area contributed by atoms with E-state index < -0.39 is 5.69 Å². The lowest BCUT2D eigenvalue weighted by atomic mass is 10.1. The zero-order valence-electron chi connectivity index (χ0n) is 12.4. The SMILES string of the molecule is CSc1nc2c(c(=O)[nH]c(=O)n2C)n1CCc1ccccc1. The van der Waals surface area contributed by atoms with Crippen LogP contribution in [-0.2, 0) is 20.0 Å². The molecule has 0 aliphatic carbocycles. The molecule has 0 unspecified atom stereocenters. The number of H-pyrrole nitrogens is 1. The molecule has 0 aliphatic heterocycles. The molecule has 0 atom stereocenters. The average Bonchev–Trinajstić information content (AvgIpc) is 2.91. The summed E-state index contributed by atoms with van der Waals surface area (Å²) in [7, 11) is 1.61. The van der Waals surface area contributed by atoms with Gasteiger partial charge in [0.1, 0.15) is 0 Å². The van der Waals surface area contributed by atoms with Crippen LogP contribution in [0.15, 0.2) is 45.1 Å². The highest BCUT2D eigenvalue weighted by Gasteiger charge is 2.16. The van der Waals surface area contributed by atoms with E-state index in [0.29, 0.717) is 17.7 Å². The number of imidazole rings is 1. The van der Waals surface area contributed by atoms with Gasteiger partial charge >= 0.3 is 5.69 Å². The molecule has 2 aromatic heterocycles. The third-order valence-corrected chi connectivity index (χ3v) is 4.30. The molecule has 6 nitrogen and oxygen atoms in total. The van der Waals surface area contributed by atoms with Crippen molar-refractivity contribution >= 4 is 22.9 Å². The molecule has 1 N–H and O–H groups in total. The molecule has 1 aromatic carbocycles. The Kier molecular flexibility index (Phi) is 3.89. The molecular weight excluding hydrogens is 300 g/mol. The molecule has 114 valence electrons. The predicted octanol–water partition coefficient (Wildman–Crippen LogP) is 1.39. The normalized spacial score (nSPS) is 11.2. The summed E-state index contributed by atoms with van der Waals surface area (Å²) in [5.74, 6) is 0. The van der Waals surface area contributed by atoms with Gasteiger partial charge < -0.3 is 4.57 Å². The summed E-state index contributed by atoms with van der Waals surface area (Å²) in [6, 6.07) is 10.1. The first kappa shape index (κ1) is 14.6. The summed E-state index contributed by atoms with van der Waals surface area (Å²) in [5, 5.41) is 0.734. The van der Waals surface area contributed by atoms with Crippen molar-refractivity contribution in [2.75, 3.05) is 6.26 Å². The fraction of sp³-hybridized carbons (Fsp3) is 0.267. The molecule has 0 radical (unpaired) electrons. The largest absolute Gasteiger partial charge is 0.329 e. The lowest BCUT2D eigenvalue weighted by molar-refractivity contribution is 0.650. The summed E-state index contributed by atoms with van der Waals surface area (Å²) in [4.78, 5) is 30.6. The minimum absolute atomic E-state index is 0.390. The van der Waals surface area contributed by atoms with Crippen molar-refractivity contribution in [1.82, 2.24) is 19.1 Å². The van der Waals surface area contributed by atoms with Crippen LogP contribution in [0.3, 0.4) is 0 Å². The van der Waals surface area contributed by atoms with Gasteiger partial charge in [0, 0.05) is 13.6 Å². The summed E-state index contributed by atoms with van der Waals surface area (Å²) < 4.78 is 3.25. The Morgan fingerprint density at radius 2 is 1.95 bits per heavy atom. The van der Waals surface area contributed by atoms with Gasteiger partial charge in [-0.3, -0.25) is 14.3 Å². The number of thioether (sulfide) groups is 1. The van der Waals surface area contributed by atoms with Gasteiger partial charge in [-0.2, -0.15) is 0 Å². The van der Waals surface area contributed by atoms with Crippen molar-refractivity contribution in [2.24, 2.45) is 7.05 Å². The second kappa shape index (κ2) is 5.84. The number of hydrogen-bond acceptors (Lipinski definition) is 4. The first-order valence-corrected chi connectivity index (χ1v) is 8.11. The maximum atomic E-state index is 12.2. The topological polar surface area (TPSA) is 72.7 Å². The number of nitrogens with one attached hydrogen (secondary N) is 1. The van der Waals surface area contributed by atoms with E-state index in [1.165, 1.54) is 21.9 Å². The van der Waals surface area contributed by atoms with Crippen LogP contribution < -0.4 is 11.2 Å². The van der Waals surface area contributed by atoms with Gasteiger partial charge in [-0.25, -0.2) is 9.78 Å². The van der Waals surface area contributed by atoms with E-state index >= 15 is 0 Å². The van der Waals surface area contributed by atoms with Crippen molar-refractivity contribution in [1.29, 1.82) is 0 Å². The highest BCUT2D eigenvalue weighted by atomic mass is 32.2. The molecule has 2 heterocycles. The van der Waals surface area contributed by atoms with Crippen molar-refractivity contribution in [3.05, 3.63) is 56.7 Å². The second-order valence-electron chi connectivity index (χ2n) is 4.98. The molecule has 22 heavy (non-hydrogen) atoms. The van der Waals surface area contributed by atoms with Gasteiger partial charge in [-0.05, 0) is 18.2 Å². The number of aromatic nitrogens is 4. The third-order valence-electron chi connectivity index (χ3n) is 3.62. The molecule has 0 fully saturated rings. The van der Waals surface area contributed by atoms with Gasteiger partial charge in [0.15, 0.2) is 16.3 Å². The molecular formula is C15H16N4O2S. The van der Waals surface area contributed by atoms with Crippen molar-refractivity contribution in [2.45, 2.75) is 18.1 Å². The standard InChI is InChI=1S/C15H16N4O2S/c1-18-12-11(13(20)17-14(18)21)19(15(16-12)22-2)9-8-10-6-4-3-5-7-10/h3-7H,8-9H2,1-2H3,(H,17,20,21). The van der Waals surface area contributed by atoms with E-state index in [4.69, 9.17) is 0 Å². The first-order chi connectivity index (χ1) is 10.6. The van der Waals surface area contributed by atoms with Gasteiger partial charge in [-0.15, -0.1) is 0 Å². The summed E-state index contributed by atoms with van der Waals surface area (Å²) in [6.45, 7) is 0.637. The van der Waals surface area contributed by atoms with Crippen molar-refractivity contribution in [3.63, 3.8) is 0 Å². The number of nitrogens with zero attached hydrogens (tertiary/aromatic N) is 3. The first-order valence-electron chi connectivity index (χ1n) is 6.89. The number of benzene rings is 1. The van der Waals surface area contributed by atoms with Gasteiger partial charge in [0.25, 0.3) is 5.56 Å². The molecule has 3 rings (SSSR count). The van der Waals surface area contributed by atoms with E-state index in [1.54, 1.807) is 7.05 Å². The van der Waals surface area contributed by atoms with Crippen LogP contribution in [0.1, 0.15) is 5.56 Å². The Morgan fingerprint density at radius 3 is 2.64 bits per heavy atom.